The maximum absolute atomic E-state index is 6.81. The molecule has 1 saturated heterocycles. The van der Waals surface area contributed by atoms with Crippen molar-refractivity contribution < 1.29 is 0 Å². The SMILES string of the molecule is C=C(CC(C)(C)C)NCc1cccc(-c2ccc3nc(N4CCN(C(=C)CC(C)(C)C)CC4)c(Cl)cc3c2)c1. The number of anilines is 1. The second-order valence-electron chi connectivity index (χ2n) is 13.4. The van der Waals surface area contributed by atoms with Gasteiger partial charge in [-0.2, -0.15) is 0 Å². The molecule has 0 atom stereocenters. The average molecular weight is 545 g/mol. The first kappa shape index (κ1) is 29.0. The number of benzene rings is 2. The zero-order valence-electron chi connectivity index (χ0n) is 24.7. The van der Waals surface area contributed by atoms with Crippen LogP contribution < -0.4 is 10.2 Å². The zero-order valence-corrected chi connectivity index (χ0v) is 25.5. The van der Waals surface area contributed by atoms with Gasteiger partial charge in [-0.1, -0.05) is 90.6 Å². The zero-order chi connectivity index (χ0) is 28.4. The monoisotopic (exact) mass is 544 g/mol. The Kier molecular flexibility index (Phi) is 8.66. The lowest BCUT2D eigenvalue weighted by Crippen LogP contribution is -2.46. The molecule has 0 bridgehead atoms. The van der Waals surface area contributed by atoms with Gasteiger partial charge in [0.05, 0.1) is 10.5 Å². The third-order valence-corrected chi connectivity index (χ3v) is 7.34. The van der Waals surface area contributed by atoms with E-state index < -0.39 is 0 Å². The maximum Gasteiger partial charge on any atom is 0.148 e. The molecule has 2 heterocycles. The summed E-state index contributed by atoms with van der Waals surface area (Å²) < 4.78 is 0. The summed E-state index contributed by atoms with van der Waals surface area (Å²) in [4.78, 5) is 9.71. The first-order chi connectivity index (χ1) is 18.3. The Morgan fingerprint density at radius 3 is 2.21 bits per heavy atom. The molecule has 1 fully saturated rings. The van der Waals surface area contributed by atoms with Crippen molar-refractivity contribution in [1.82, 2.24) is 15.2 Å². The van der Waals surface area contributed by atoms with Gasteiger partial charge in [0.1, 0.15) is 5.82 Å². The van der Waals surface area contributed by atoms with Crippen molar-refractivity contribution in [1.29, 1.82) is 0 Å². The van der Waals surface area contributed by atoms with Gasteiger partial charge in [0.25, 0.3) is 0 Å². The van der Waals surface area contributed by atoms with E-state index >= 15 is 0 Å². The van der Waals surface area contributed by atoms with Gasteiger partial charge in [0.2, 0.25) is 0 Å². The Morgan fingerprint density at radius 1 is 0.872 bits per heavy atom. The number of pyridine rings is 1. The lowest BCUT2D eigenvalue weighted by Gasteiger charge is -2.39. The van der Waals surface area contributed by atoms with E-state index in [2.05, 4.69) is 118 Å². The predicted molar refractivity (Wildman–Crippen MR) is 169 cm³/mol. The van der Waals surface area contributed by atoms with Crippen LogP contribution in [-0.4, -0.2) is 36.1 Å². The van der Waals surface area contributed by atoms with Crippen LogP contribution in [0.1, 0.15) is 59.9 Å². The molecule has 4 rings (SSSR count). The van der Waals surface area contributed by atoms with E-state index in [1.54, 1.807) is 0 Å². The van der Waals surface area contributed by atoms with E-state index in [-0.39, 0.29) is 10.8 Å². The van der Waals surface area contributed by atoms with Crippen LogP contribution in [0.5, 0.6) is 0 Å². The van der Waals surface area contributed by atoms with Crippen molar-refractivity contribution in [2.45, 2.75) is 60.9 Å². The quantitative estimate of drug-likeness (QED) is 0.307. The number of allylic oxidation sites excluding steroid dienone is 2. The molecule has 39 heavy (non-hydrogen) atoms. The van der Waals surface area contributed by atoms with Crippen LogP contribution in [0.25, 0.3) is 22.0 Å². The number of aromatic nitrogens is 1. The highest BCUT2D eigenvalue weighted by atomic mass is 35.5. The van der Waals surface area contributed by atoms with E-state index in [4.69, 9.17) is 16.6 Å². The summed E-state index contributed by atoms with van der Waals surface area (Å²) in [7, 11) is 0. The van der Waals surface area contributed by atoms with Crippen LogP contribution in [0.3, 0.4) is 0 Å². The number of piperazine rings is 1. The molecule has 3 aromatic rings. The second-order valence-corrected chi connectivity index (χ2v) is 13.8. The molecule has 1 aliphatic rings. The lowest BCUT2D eigenvalue weighted by molar-refractivity contribution is 0.276. The Bertz CT molecular complexity index is 1340. The molecule has 4 nitrogen and oxygen atoms in total. The number of fused-ring (bicyclic) bond motifs is 1. The Hall–Kier alpha value is -2.98. The van der Waals surface area contributed by atoms with Crippen LogP contribution in [0.2, 0.25) is 5.02 Å². The summed E-state index contributed by atoms with van der Waals surface area (Å²) in [5.41, 5.74) is 7.32. The number of nitrogens with one attached hydrogen (secondary N) is 1. The smallest absolute Gasteiger partial charge is 0.148 e. The minimum atomic E-state index is 0.224. The van der Waals surface area contributed by atoms with Gasteiger partial charge >= 0.3 is 0 Å². The van der Waals surface area contributed by atoms with Crippen LogP contribution in [0, 0.1) is 10.8 Å². The van der Waals surface area contributed by atoms with Gasteiger partial charge in [-0.3, -0.25) is 0 Å². The van der Waals surface area contributed by atoms with Crippen molar-refractivity contribution in [2.24, 2.45) is 10.8 Å². The van der Waals surface area contributed by atoms with E-state index in [0.29, 0.717) is 5.02 Å². The van der Waals surface area contributed by atoms with Crippen molar-refractivity contribution in [3.05, 3.63) is 83.7 Å². The fraction of sp³-hybridized carbons (Fsp3) is 0.441. The third-order valence-electron chi connectivity index (χ3n) is 7.06. The molecule has 0 saturated carbocycles. The molecule has 2 aromatic carbocycles. The highest BCUT2D eigenvalue weighted by Gasteiger charge is 2.23. The molecule has 0 spiro atoms. The Balaban J connectivity index is 1.45. The summed E-state index contributed by atoms with van der Waals surface area (Å²) in [6, 6.07) is 17.2. The van der Waals surface area contributed by atoms with Gasteiger partial charge in [0.15, 0.2) is 0 Å². The van der Waals surface area contributed by atoms with E-state index in [1.807, 2.05) is 0 Å². The van der Waals surface area contributed by atoms with Crippen LogP contribution in [0.15, 0.2) is 73.1 Å². The maximum atomic E-state index is 6.81. The summed E-state index contributed by atoms with van der Waals surface area (Å²) in [5.74, 6) is 0.876. The minimum absolute atomic E-state index is 0.224. The molecule has 1 aliphatic heterocycles. The van der Waals surface area contributed by atoms with Gasteiger partial charge in [-0.15, -0.1) is 0 Å². The van der Waals surface area contributed by atoms with Crippen molar-refractivity contribution in [3.63, 3.8) is 0 Å². The van der Waals surface area contributed by atoms with E-state index in [0.717, 1.165) is 73.5 Å². The standard InChI is InChI=1S/C34H45ClN4/c1-24(21-33(3,4)5)36-23-26-10-9-11-27(18-26)28-12-13-31-29(19-28)20-30(35)32(37-31)39-16-14-38(15-17-39)25(2)22-34(6,7)8/h9-13,18-20,36H,1-2,14-17,21-23H2,3-8H3. The second kappa shape index (κ2) is 11.6. The van der Waals surface area contributed by atoms with Crippen molar-refractivity contribution >= 4 is 28.3 Å². The molecular formula is C34H45ClN4. The van der Waals surface area contributed by atoms with Gasteiger partial charge in [-0.25, -0.2) is 4.98 Å². The fourth-order valence-electron chi connectivity index (χ4n) is 5.29. The highest BCUT2D eigenvalue weighted by Crippen LogP contribution is 2.32. The largest absolute Gasteiger partial charge is 0.385 e. The van der Waals surface area contributed by atoms with E-state index in [9.17, 15) is 0 Å². The lowest BCUT2D eigenvalue weighted by atomic mass is 9.90. The Morgan fingerprint density at radius 2 is 1.54 bits per heavy atom. The molecule has 1 aromatic heterocycles. The molecule has 0 unspecified atom stereocenters. The minimum Gasteiger partial charge on any atom is -0.385 e. The topological polar surface area (TPSA) is 31.4 Å². The number of nitrogens with zero attached hydrogens (tertiary/aromatic N) is 3. The summed E-state index contributed by atoms with van der Waals surface area (Å²) in [6.45, 7) is 26.5. The molecule has 0 radical (unpaired) electrons. The van der Waals surface area contributed by atoms with Crippen LogP contribution >= 0.6 is 11.6 Å². The van der Waals surface area contributed by atoms with Crippen LogP contribution in [0.4, 0.5) is 5.82 Å². The fourth-order valence-corrected chi connectivity index (χ4v) is 5.57. The van der Waals surface area contributed by atoms with Gasteiger partial charge in [0, 0.05) is 49.5 Å². The highest BCUT2D eigenvalue weighted by molar-refractivity contribution is 6.33. The summed E-state index contributed by atoms with van der Waals surface area (Å²) >= 11 is 6.81. The van der Waals surface area contributed by atoms with Crippen molar-refractivity contribution in [2.75, 3.05) is 31.1 Å². The third kappa shape index (κ3) is 8.02. The normalized spacial score (nSPS) is 14.5. The average Bonchev–Trinajstić information content (AvgIpc) is 2.85. The molecule has 0 aliphatic carbocycles. The summed E-state index contributed by atoms with van der Waals surface area (Å²) in [6.07, 6.45) is 1.96. The predicted octanol–water partition coefficient (Wildman–Crippen LogP) is 8.67. The molecule has 1 N–H and O–H groups in total. The Labute approximate surface area is 240 Å². The number of halogens is 1. The molecular weight excluding hydrogens is 500 g/mol. The van der Waals surface area contributed by atoms with Crippen molar-refractivity contribution in [3.8, 4) is 11.1 Å². The number of hydrogen-bond donors (Lipinski definition) is 1. The van der Waals surface area contributed by atoms with Gasteiger partial charge < -0.3 is 15.1 Å². The van der Waals surface area contributed by atoms with E-state index in [1.165, 1.54) is 16.8 Å². The first-order valence-electron chi connectivity index (χ1n) is 14.1. The summed E-state index contributed by atoms with van der Waals surface area (Å²) in [5, 5.41) is 5.25. The van der Waals surface area contributed by atoms with Gasteiger partial charge in [-0.05, 0) is 64.6 Å². The van der Waals surface area contributed by atoms with Crippen LogP contribution in [-0.2, 0) is 6.54 Å². The molecule has 0 amide bonds. The number of hydrogen-bond acceptors (Lipinski definition) is 4. The molecule has 5 heteroatoms. The first-order valence-corrected chi connectivity index (χ1v) is 14.4. The number of rotatable bonds is 8. The molecule has 208 valence electrons.